The lowest BCUT2D eigenvalue weighted by molar-refractivity contribution is -0.118. The average molecular weight is 502 g/mol. The Morgan fingerprint density at radius 2 is 2.11 bits per heavy atom. The molecule has 1 aliphatic heterocycles. The summed E-state index contributed by atoms with van der Waals surface area (Å²) >= 11 is 0. The van der Waals surface area contributed by atoms with Gasteiger partial charge in [0.05, 0.1) is 25.4 Å². The van der Waals surface area contributed by atoms with Gasteiger partial charge in [0, 0.05) is 64.8 Å². The van der Waals surface area contributed by atoms with Gasteiger partial charge in [-0.15, -0.1) is 0 Å². The number of rotatable bonds is 8. The van der Waals surface area contributed by atoms with E-state index in [0.717, 1.165) is 52.8 Å². The summed E-state index contributed by atoms with van der Waals surface area (Å²) in [6.45, 7) is 7.85. The molecular weight excluding hydrogens is 470 g/mol. The first-order chi connectivity index (χ1) is 17.8. The minimum atomic E-state index is -0.842. The van der Waals surface area contributed by atoms with E-state index in [2.05, 4.69) is 31.9 Å². The van der Waals surface area contributed by atoms with Crippen LogP contribution in [0.1, 0.15) is 48.3 Å². The third-order valence-electron chi connectivity index (χ3n) is 6.99. The maximum absolute atomic E-state index is 12.9. The van der Waals surface area contributed by atoms with Crippen molar-refractivity contribution in [1.29, 1.82) is 0 Å². The molecule has 1 atom stereocenters. The van der Waals surface area contributed by atoms with Gasteiger partial charge in [0.15, 0.2) is 11.6 Å². The van der Waals surface area contributed by atoms with E-state index in [0.29, 0.717) is 24.9 Å². The second kappa shape index (κ2) is 9.05. The molecule has 6 rings (SSSR count). The quantitative estimate of drug-likeness (QED) is 0.351. The number of aromatic nitrogens is 5. The Labute approximate surface area is 214 Å². The lowest BCUT2D eigenvalue weighted by Crippen LogP contribution is -2.31. The normalized spacial score (nSPS) is 20.1. The highest BCUT2D eigenvalue weighted by molar-refractivity contribution is 6.10. The monoisotopic (exact) mass is 501 g/mol. The maximum atomic E-state index is 12.9. The van der Waals surface area contributed by atoms with Gasteiger partial charge in [0.1, 0.15) is 5.60 Å². The molecule has 2 fully saturated rings. The number of nitrogens with zero attached hydrogens (tertiary/aromatic N) is 6. The first-order valence-electron chi connectivity index (χ1n) is 12.7. The fourth-order valence-electron chi connectivity index (χ4n) is 4.83. The molecule has 1 aliphatic carbocycles. The number of fused-ring (bicyclic) bond motifs is 1. The lowest BCUT2D eigenvalue weighted by Gasteiger charge is -2.15. The fourth-order valence-corrected chi connectivity index (χ4v) is 4.83. The number of carbonyl (C=O) groups excluding carboxylic acids is 1. The first kappa shape index (κ1) is 23.8. The van der Waals surface area contributed by atoms with Gasteiger partial charge in [-0.1, -0.05) is 0 Å². The third-order valence-corrected chi connectivity index (χ3v) is 6.99. The van der Waals surface area contributed by atoms with E-state index < -0.39 is 5.60 Å². The second-order valence-electron chi connectivity index (χ2n) is 10.3. The van der Waals surface area contributed by atoms with Crippen LogP contribution in [0.3, 0.4) is 0 Å². The summed E-state index contributed by atoms with van der Waals surface area (Å²) < 4.78 is 3.85. The Kier molecular flexibility index (Phi) is 5.82. The van der Waals surface area contributed by atoms with Crippen LogP contribution in [0.2, 0.25) is 0 Å². The number of hydroxylamine groups is 2. The molecule has 4 heterocycles. The van der Waals surface area contributed by atoms with E-state index in [1.54, 1.807) is 28.9 Å². The van der Waals surface area contributed by atoms with E-state index in [1.807, 2.05) is 37.5 Å². The molecule has 0 amide bonds. The van der Waals surface area contributed by atoms with Crippen LogP contribution in [0.4, 0.5) is 11.6 Å². The van der Waals surface area contributed by atoms with E-state index in [4.69, 9.17) is 4.84 Å². The standard InChI is InChI=1S/C27H31N7O3/c1-4-32-14-22(25(35)18-5-6-18)21-11-20(7-8-23(21)32)29-26-28-10-9-24(30-26)34-13-19(17(2)31-34)12-33-15-27(3,36)16-37-33/h7-11,13-14,18,36H,4-6,12,15-16H2,1-3H3,(H,28,29,30). The maximum Gasteiger partial charge on any atom is 0.229 e. The summed E-state index contributed by atoms with van der Waals surface area (Å²) in [5, 5.41) is 20.8. The van der Waals surface area contributed by atoms with Crippen LogP contribution in [0.25, 0.3) is 16.7 Å². The Hall–Kier alpha value is -3.60. The van der Waals surface area contributed by atoms with Crippen LogP contribution in [0.15, 0.2) is 42.9 Å². The van der Waals surface area contributed by atoms with Gasteiger partial charge >= 0.3 is 0 Å². The van der Waals surface area contributed by atoms with Crippen molar-refractivity contribution in [2.24, 2.45) is 5.92 Å². The molecule has 2 N–H and O–H groups in total. The van der Waals surface area contributed by atoms with Gasteiger partial charge in [-0.3, -0.25) is 9.63 Å². The molecule has 1 saturated carbocycles. The molecule has 2 aliphatic rings. The van der Waals surface area contributed by atoms with Crippen molar-refractivity contribution in [2.75, 3.05) is 18.5 Å². The minimum Gasteiger partial charge on any atom is -0.386 e. The molecule has 10 nitrogen and oxygen atoms in total. The zero-order valence-electron chi connectivity index (χ0n) is 21.3. The summed E-state index contributed by atoms with van der Waals surface area (Å²) in [4.78, 5) is 27.6. The number of anilines is 2. The smallest absolute Gasteiger partial charge is 0.229 e. The zero-order chi connectivity index (χ0) is 25.7. The number of benzene rings is 1. The van der Waals surface area contributed by atoms with Crippen LogP contribution >= 0.6 is 0 Å². The average Bonchev–Trinajstić information content (AvgIpc) is 3.46. The van der Waals surface area contributed by atoms with Crippen LogP contribution in [-0.2, 0) is 17.9 Å². The molecule has 192 valence electrons. The third kappa shape index (κ3) is 4.75. The molecular formula is C27H31N7O3. The molecule has 4 aromatic rings. The highest BCUT2D eigenvalue weighted by atomic mass is 16.7. The van der Waals surface area contributed by atoms with E-state index in [9.17, 15) is 9.90 Å². The van der Waals surface area contributed by atoms with Crippen LogP contribution < -0.4 is 5.32 Å². The van der Waals surface area contributed by atoms with E-state index in [1.165, 1.54) is 0 Å². The topological polar surface area (TPSA) is 110 Å². The zero-order valence-corrected chi connectivity index (χ0v) is 21.3. The van der Waals surface area contributed by atoms with Crippen molar-refractivity contribution in [3.8, 4) is 5.82 Å². The Balaban J connectivity index is 1.24. The van der Waals surface area contributed by atoms with E-state index in [-0.39, 0.29) is 18.3 Å². The highest BCUT2D eigenvalue weighted by Crippen LogP contribution is 2.36. The van der Waals surface area contributed by atoms with Gasteiger partial charge in [-0.25, -0.2) is 9.67 Å². The van der Waals surface area contributed by atoms with Gasteiger partial charge < -0.3 is 15.0 Å². The number of aliphatic hydroxyl groups is 1. The Morgan fingerprint density at radius 3 is 2.84 bits per heavy atom. The molecule has 1 saturated heterocycles. The predicted molar refractivity (Wildman–Crippen MR) is 139 cm³/mol. The van der Waals surface area contributed by atoms with Crippen molar-refractivity contribution >= 4 is 28.3 Å². The number of hydrogen-bond donors (Lipinski definition) is 2. The van der Waals surface area contributed by atoms with Gasteiger partial charge in [0.2, 0.25) is 5.95 Å². The van der Waals surface area contributed by atoms with E-state index >= 15 is 0 Å². The lowest BCUT2D eigenvalue weighted by atomic mass is 10.1. The van der Waals surface area contributed by atoms with Gasteiger partial charge in [0.25, 0.3) is 0 Å². The largest absolute Gasteiger partial charge is 0.386 e. The van der Waals surface area contributed by atoms with Crippen molar-refractivity contribution in [3.63, 3.8) is 0 Å². The van der Waals surface area contributed by atoms with Gasteiger partial charge in [-0.05, 0) is 51.8 Å². The molecule has 0 radical (unpaired) electrons. The molecule has 10 heteroatoms. The number of Topliss-reactive ketones (excluding diaryl/α,β-unsaturated/α-hetero) is 1. The molecule has 3 aromatic heterocycles. The Bertz CT molecular complexity index is 1480. The van der Waals surface area contributed by atoms with Crippen LogP contribution in [0, 0.1) is 12.8 Å². The molecule has 1 unspecified atom stereocenters. The summed E-state index contributed by atoms with van der Waals surface area (Å²) in [5.41, 5.74) is 3.67. The first-order valence-corrected chi connectivity index (χ1v) is 12.7. The summed E-state index contributed by atoms with van der Waals surface area (Å²) in [7, 11) is 0. The van der Waals surface area contributed by atoms with Crippen molar-refractivity contribution in [1.82, 2.24) is 29.4 Å². The molecule has 0 bridgehead atoms. The van der Waals surface area contributed by atoms with Crippen LogP contribution in [-0.4, -0.2) is 59.0 Å². The second-order valence-corrected chi connectivity index (χ2v) is 10.3. The summed E-state index contributed by atoms with van der Waals surface area (Å²) in [6.07, 6.45) is 7.56. The van der Waals surface area contributed by atoms with Crippen molar-refractivity contribution in [2.45, 2.75) is 52.3 Å². The van der Waals surface area contributed by atoms with Crippen LogP contribution in [0.5, 0.6) is 0 Å². The number of hydrogen-bond acceptors (Lipinski definition) is 8. The van der Waals surface area contributed by atoms with Crippen molar-refractivity contribution in [3.05, 3.63) is 59.7 Å². The SMILES string of the molecule is CCn1cc(C(=O)C2CC2)c2cc(Nc3nccc(-n4cc(CN5CC(C)(O)CO5)c(C)n4)n3)ccc21. The molecule has 37 heavy (non-hydrogen) atoms. The minimum absolute atomic E-state index is 0.167. The van der Waals surface area contributed by atoms with Crippen molar-refractivity contribution < 1.29 is 14.7 Å². The number of carbonyl (C=O) groups is 1. The Morgan fingerprint density at radius 1 is 1.27 bits per heavy atom. The molecule has 0 spiro atoms. The molecule has 1 aromatic carbocycles. The number of β-amino-alcohol motifs (C(OH)–C–C–N with tert-alkyl or cyclic N) is 1. The predicted octanol–water partition coefficient (Wildman–Crippen LogP) is 3.78. The number of ketones is 1. The fraction of sp³-hybridized carbons (Fsp3) is 0.407. The summed E-state index contributed by atoms with van der Waals surface area (Å²) in [6, 6.07) is 7.83. The number of aryl methyl sites for hydroxylation is 2. The summed E-state index contributed by atoms with van der Waals surface area (Å²) in [5.74, 6) is 1.47. The highest BCUT2D eigenvalue weighted by Gasteiger charge is 2.33. The number of nitrogens with one attached hydrogen (secondary N) is 1. The van der Waals surface area contributed by atoms with Gasteiger partial charge in [-0.2, -0.15) is 15.1 Å².